The van der Waals surface area contributed by atoms with Crippen LogP contribution in [-0.4, -0.2) is 40.8 Å². The number of carbonyl (C=O) groups excluding carboxylic acids is 1. The molecule has 1 atom stereocenters. The van der Waals surface area contributed by atoms with Crippen LogP contribution in [0.25, 0.3) is 11.4 Å². The van der Waals surface area contributed by atoms with Gasteiger partial charge in [-0.15, -0.1) is 0 Å². The Balaban J connectivity index is 1.53. The zero-order chi connectivity index (χ0) is 17.9. The quantitative estimate of drug-likeness (QED) is 0.753. The maximum Gasteiger partial charge on any atom is 0.252 e. The highest BCUT2D eigenvalue weighted by Gasteiger charge is 2.25. The van der Waals surface area contributed by atoms with Crippen molar-refractivity contribution in [3.8, 4) is 22.9 Å². The van der Waals surface area contributed by atoms with E-state index in [-0.39, 0.29) is 11.9 Å². The molecule has 7 nitrogen and oxygen atoms in total. The van der Waals surface area contributed by atoms with E-state index < -0.39 is 0 Å². The number of aromatic nitrogens is 3. The fourth-order valence-corrected chi connectivity index (χ4v) is 3.13. The molecular weight excluding hydrogens is 332 g/mol. The second-order valence-corrected chi connectivity index (χ2v) is 6.01. The van der Waals surface area contributed by atoms with Crippen molar-refractivity contribution in [1.82, 2.24) is 20.5 Å². The Kier molecular flexibility index (Phi) is 4.27. The SMILES string of the molecule is COc1cccc2c1OCC(NC(=O)c1ccccc1-c1ncn[nH]1)C2. The molecular formula is C19H18N4O3. The summed E-state index contributed by atoms with van der Waals surface area (Å²) < 4.78 is 11.2. The smallest absolute Gasteiger partial charge is 0.252 e. The topological polar surface area (TPSA) is 89.1 Å². The van der Waals surface area contributed by atoms with E-state index in [0.717, 1.165) is 11.3 Å². The molecule has 4 rings (SSSR count). The average Bonchev–Trinajstić information content (AvgIpc) is 3.22. The third-order valence-electron chi connectivity index (χ3n) is 4.35. The first kappa shape index (κ1) is 16.1. The predicted molar refractivity (Wildman–Crippen MR) is 95.3 cm³/mol. The van der Waals surface area contributed by atoms with Gasteiger partial charge in [0.25, 0.3) is 5.91 Å². The lowest BCUT2D eigenvalue weighted by Crippen LogP contribution is -2.42. The lowest BCUT2D eigenvalue weighted by molar-refractivity contribution is 0.0915. The number of aromatic amines is 1. The minimum absolute atomic E-state index is 0.120. The van der Waals surface area contributed by atoms with Crippen molar-refractivity contribution in [2.24, 2.45) is 0 Å². The van der Waals surface area contributed by atoms with Crippen molar-refractivity contribution in [3.05, 3.63) is 59.9 Å². The van der Waals surface area contributed by atoms with Gasteiger partial charge in [0.05, 0.1) is 18.7 Å². The Hall–Kier alpha value is -3.35. The van der Waals surface area contributed by atoms with Crippen molar-refractivity contribution in [2.75, 3.05) is 13.7 Å². The number of nitrogens with one attached hydrogen (secondary N) is 2. The molecule has 132 valence electrons. The van der Waals surface area contributed by atoms with E-state index in [4.69, 9.17) is 9.47 Å². The van der Waals surface area contributed by atoms with E-state index in [0.29, 0.717) is 35.7 Å². The summed E-state index contributed by atoms with van der Waals surface area (Å²) in [4.78, 5) is 17.0. The van der Waals surface area contributed by atoms with Crippen LogP contribution in [0.1, 0.15) is 15.9 Å². The molecule has 7 heteroatoms. The van der Waals surface area contributed by atoms with Crippen LogP contribution in [0, 0.1) is 0 Å². The molecule has 2 aromatic carbocycles. The molecule has 0 fully saturated rings. The number of amides is 1. The zero-order valence-electron chi connectivity index (χ0n) is 14.2. The number of fused-ring (bicyclic) bond motifs is 1. The van der Waals surface area contributed by atoms with Crippen molar-refractivity contribution < 1.29 is 14.3 Å². The predicted octanol–water partition coefficient (Wildman–Crippen LogP) is 2.21. The van der Waals surface area contributed by atoms with Crippen LogP contribution in [0.5, 0.6) is 11.5 Å². The largest absolute Gasteiger partial charge is 0.493 e. The number of rotatable bonds is 4. The van der Waals surface area contributed by atoms with Crippen molar-refractivity contribution in [2.45, 2.75) is 12.5 Å². The first-order chi connectivity index (χ1) is 12.8. The second-order valence-electron chi connectivity index (χ2n) is 6.01. The molecule has 1 aliphatic heterocycles. The van der Waals surface area contributed by atoms with Crippen molar-refractivity contribution in [1.29, 1.82) is 0 Å². The van der Waals surface area contributed by atoms with Gasteiger partial charge in [-0.1, -0.05) is 30.3 Å². The molecule has 3 aromatic rings. The number of carbonyl (C=O) groups is 1. The van der Waals surface area contributed by atoms with Gasteiger partial charge in [0.15, 0.2) is 17.3 Å². The number of nitrogens with zero attached hydrogens (tertiary/aromatic N) is 2. The highest BCUT2D eigenvalue weighted by Crippen LogP contribution is 2.34. The van der Waals surface area contributed by atoms with Crippen LogP contribution in [0.4, 0.5) is 0 Å². The summed E-state index contributed by atoms with van der Waals surface area (Å²) in [5.41, 5.74) is 2.27. The van der Waals surface area contributed by atoms with Gasteiger partial charge in [-0.05, 0) is 18.6 Å². The van der Waals surface area contributed by atoms with Gasteiger partial charge in [0.1, 0.15) is 12.9 Å². The van der Waals surface area contributed by atoms with Crippen LogP contribution in [0.15, 0.2) is 48.8 Å². The number of H-pyrrole nitrogens is 1. The van der Waals surface area contributed by atoms with E-state index in [1.807, 2.05) is 36.4 Å². The molecule has 1 amide bonds. The minimum atomic E-state index is -0.169. The number of hydrogen-bond donors (Lipinski definition) is 2. The summed E-state index contributed by atoms with van der Waals surface area (Å²) in [6.45, 7) is 0.392. The standard InChI is InChI=1S/C19H18N4O3/c1-25-16-8-4-5-12-9-13(10-26-17(12)16)22-19(24)15-7-3-2-6-14(15)18-20-11-21-23-18/h2-8,11,13H,9-10H2,1H3,(H,22,24)(H,20,21,23). The van der Waals surface area contributed by atoms with Gasteiger partial charge in [-0.3, -0.25) is 9.89 Å². The number of ether oxygens (including phenoxy) is 2. The number of benzene rings is 2. The van der Waals surface area contributed by atoms with Gasteiger partial charge in [-0.25, -0.2) is 4.98 Å². The first-order valence-electron chi connectivity index (χ1n) is 8.30. The van der Waals surface area contributed by atoms with Gasteiger partial charge in [-0.2, -0.15) is 5.10 Å². The van der Waals surface area contributed by atoms with Crippen LogP contribution < -0.4 is 14.8 Å². The van der Waals surface area contributed by atoms with Crippen LogP contribution in [0.2, 0.25) is 0 Å². The summed E-state index contributed by atoms with van der Waals surface area (Å²) in [6.07, 6.45) is 2.10. The number of methoxy groups -OCH3 is 1. The van der Waals surface area contributed by atoms with Gasteiger partial charge >= 0.3 is 0 Å². The van der Waals surface area contributed by atoms with E-state index >= 15 is 0 Å². The third-order valence-corrected chi connectivity index (χ3v) is 4.35. The molecule has 0 aliphatic carbocycles. The van der Waals surface area contributed by atoms with Gasteiger partial charge in [0.2, 0.25) is 0 Å². The molecule has 0 bridgehead atoms. The Bertz CT molecular complexity index is 924. The summed E-state index contributed by atoms with van der Waals surface area (Å²) in [7, 11) is 1.62. The Labute approximate surface area is 150 Å². The lowest BCUT2D eigenvalue weighted by atomic mass is 10.0. The summed E-state index contributed by atoms with van der Waals surface area (Å²) in [5.74, 6) is 1.85. The molecule has 0 saturated heterocycles. The van der Waals surface area contributed by atoms with Gasteiger partial charge in [0, 0.05) is 11.1 Å². The van der Waals surface area contributed by atoms with E-state index in [2.05, 4.69) is 20.5 Å². The first-order valence-corrected chi connectivity index (χ1v) is 8.30. The van der Waals surface area contributed by atoms with Crippen molar-refractivity contribution >= 4 is 5.91 Å². The molecule has 1 aromatic heterocycles. The van der Waals surface area contributed by atoms with Crippen molar-refractivity contribution in [3.63, 3.8) is 0 Å². The van der Waals surface area contributed by atoms with Crippen LogP contribution in [-0.2, 0) is 6.42 Å². The minimum Gasteiger partial charge on any atom is -0.493 e. The molecule has 1 unspecified atom stereocenters. The normalized spacial score (nSPS) is 15.7. The molecule has 0 radical (unpaired) electrons. The monoisotopic (exact) mass is 350 g/mol. The summed E-state index contributed by atoms with van der Waals surface area (Å²) in [6, 6.07) is 13.0. The molecule has 0 saturated carbocycles. The average molecular weight is 350 g/mol. The lowest BCUT2D eigenvalue weighted by Gasteiger charge is -2.27. The maximum atomic E-state index is 12.8. The number of hydrogen-bond acceptors (Lipinski definition) is 5. The fourth-order valence-electron chi connectivity index (χ4n) is 3.13. The van der Waals surface area contributed by atoms with E-state index in [9.17, 15) is 4.79 Å². The molecule has 2 N–H and O–H groups in total. The van der Waals surface area contributed by atoms with E-state index in [1.54, 1.807) is 13.2 Å². The summed E-state index contributed by atoms with van der Waals surface area (Å²) in [5, 5.41) is 9.70. The maximum absolute atomic E-state index is 12.8. The van der Waals surface area contributed by atoms with Gasteiger partial charge < -0.3 is 14.8 Å². The second kappa shape index (κ2) is 6.87. The van der Waals surface area contributed by atoms with Crippen LogP contribution >= 0.6 is 0 Å². The Morgan fingerprint density at radius 3 is 2.96 bits per heavy atom. The highest BCUT2D eigenvalue weighted by molar-refractivity contribution is 6.00. The van der Waals surface area contributed by atoms with Crippen LogP contribution in [0.3, 0.4) is 0 Å². The fraction of sp³-hybridized carbons (Fsp3) is 0.211. The molecule has 0 spiro atoms. The number of para-hydroxylation sites is 1. The van der Waals surface area contributed by atoms with E-state index in [1.165, 1.54) is 6.33 Å². The Morgan fingerprint density at radius 2 is 2.15 bits per heavy atom. The molecule has 2 heterocycles. The molecule has 1 aliphatic rings. The Morgan fingerprint density at radius 1 is 1.27 bits per heavy atom. The molecule has 26 heavy (non-hydrogen) atoms. The summed E-state index contributed by atoms with van der Waals surface area (Å²) >= 11 is 0. The highest BCUT2D eigenvalue weighted by atomic mass is 16.5. The third kappa shape index (κ3) is 2.99. The zero-order valence-corrected chi connectivity index (χ0v) is 14.2.